The van der Waals surface area contributed by atoms with E-state index in [1.165, 1.54) is 0 Å². The highest BCUT2D eigenvalue weighted by atomic mass is 32.5. The number of alkyl halides is 2. The number of rotatable bonds is 11. The molecule has 0 radical (unpaired) electrons. The van der Waals surface area contributed by atoms with E-state index in [1.54, 1.807) is 0 Å². The Morgan fingerprint density at radius 3 is 2.58 bits per heavy atom. The first-order valence-electron chi connectivity index (χ1n) is 12.1. The van der Waals surface area contributed by atoms with Crippen molar-refractivity contribution in [3.63, 3.8) is 0 Å². The summed E-state index contributed by atoms with van der Waals surface area (Å²) in [6.45, 7) is -3.61. The van der Waals surface area contributed by atoms with Gasteiger partial charge in [0.05, 0.1) is 19.5 Å². The molecule has 0 saturated carbocycles. The molecule has 2 fully saturated rings. The van der Waals surface area contributed by atoms with Crippen molar-refractivity contribution in [1.29, 1.82) is 0 Å². The maximum absolute atomic E-state index is 16.1. The van der Waals surface area contributed by atoms with Crippen LogP contribution in [-0.2, 0) is 39.2 Å². The summed E-state index contributed by atoms with van der Waals surface area (Å²) in [4.78, 5) is 28.3. The van der Waals surface area contributed by atoms with Crippen molar-refractivity contribution in [3.05, 3.63) is 36.5 Å². The van der Waals surface area contributed by atoms with Gasteiger partial charge in [0.2, 0.25) is 0 Å². The molecule has 22 heteroatoms. The number of aromatic nitrogens is 2. The van der Waals surface area contributed by atoms with E-state index in [4.69, 9.17) is 41.1 Å². The zero-order valence-corrected chi connectivity index (χ0v) is 24.2. The van der Waals surface area contributed by atoms with Gasteiger partial charge in [-0.1, -0.05) is 6.58 Å². The van der Waals surface area contributed by atoms with E-state index in [9.17, 15) is 39.2 Å². The van der Waals surface area contributed by atoms with Crippen molar-refractivity contribution >= 4 is 43.3 Å². The van der Waals surface area contributed by atoms with Crippen molar-refractivity contribution < 1.29 is 75.9 Å². The summed E-state index contributed by atoms with van der Waals surface area (Å²) < 4.78 is 72.5. The van der Waals surface area contributed by atoms with Crippen molar-refractivity contribution in [2.24, 2.45) is 0 Å². The Kier molecular flexibility index (Phi) is 10.2. The van der Waals surface area contributed by atoms with Crippen LogP contribution in [0.3, 0.4) is 0 Å². The maximum Gasteiger partial charge on any atom is 0.481 e. The lowest BCUT2D eigenvalue weighted by Gasteiger charge is -2.41. The normalized spacial score (nSPS) is 36.5. The topological polar surface area (TPSA) is 270 Å². The molecule has 240 valence electrons. The molecule has 0 amide bonds. The lowest BCUT2D eigenvalue weighted by atomic mass is 9.89. The van der Waals surface area contributed by atoms with Crippen LogP contribution >= 0.6 is 14.5 Å². The number of halogens is 2. The Bertz CT molecular complexity index is 1470. The molecule has 0 spiro atoms. The summed E-state index contributed by atoms with van der Waals surface area (Å²) in [7, 11) is -5.56. The van der Waals surface area contributed by atoms with E-state index in [0.29, 0.717) is 0 Å². The highest BCUT2D eigenvalue weighted by molar-refractivity contribution is 8.08. The van der Waals surface area contributed by atoms with Crippen LogP contribution in [0.4, 0.5) is 14.6 Å². The highest BCUT2D eigenvalue weighted by Crippen LogP contribution is 2.62. The third-order valence-electron chi connectivity index (χ3n) is 6.52. The molecule has 4 rings (SSSR count). The Labute approximate surface area is 245 Å². The number of fused-ring (bicyclic) bond motifs is 1. The first-order chi connectivity index (χ1) is 20.0. The van der Waals surface area contributed by atoms with Crippen LogP contribution in [0.5, 0.6) is 0 Å². The van der Waals surface area contributed by atoms with Gasteiger partial charge in [0.1, 0.15) is 54.6 Å². The van der Waals surface area contributed by atoms with E-state index in [2.05, 4.69) is 31.1 Å². The predicted octanol–water partition coefficient (Wildman–Crippen LogP) is -0.840. The quantitative estimate of drug-likeness (QED) is 0.106. The number of ether oxygens (including phenoxy) is 2. The Morgan fingerprint density at radius 2 is 1.93 bits per heavy atom. The van der Waals surface area contributed by atoms with Gasteiger partial charge in [0, 0.05) is 5.56 Å². The standard InChI is InChI=1S/C21H27F2N3O14P2S/c1-2-3-21(23)17(31)10(37-18(21)8-5-35-16-11(8)25-7-26-19(16)24)6-36-42(34,43)40-41(32,33)39-20-14(30)12(28)13(29)15(38-20)9(22)4-27/h3,5,7,9-10,12-15,17-18,20,27-31H,1,4,6H2,(H,32,33)(H,34,43)(H2,24,25,26)/t9-,10+,12?,13?,14?,15?,17+,18-,20?,21+,42?/m0/s1. The fourth-order valence-corrected chi connectivity index (χ4v) is 7.56. The third kappa shape index (κ3) is 6.90. The van der Waals surface area contributed by atoms with E-state index < -0.39 is 88.6 Å². The van der Waals surface area contributed by atoms with Crippen molar-refractivity contribution in [1.82, 2.24) is 9.97 Å². The number of nitrogens with two attached hydrogens (primary N) is 1. The van der Waals surface area contributed by atoms with E-state index in [-0.39, 0.29) is 22.5 Å². The minimum absolute atomic E-state index is 0.000886. The number of phosphoric ester groups is 1. The second-order valence-electron chi connectivity index (χ2n) is 9.36. The Hall–Kier alpha value is -1.80. The molecule has 2 aromatic heterocycles. The average molecular weight is 677 g/mol. The maximum atomic E-state index is 16.1. The minimum atomic E-state index is -5.56. The van der Waals surface area contributed by atoms with Gasteiger partial charge in [-0.05, 0) is 17.9 Å². The lowest BCUT2D eigenvalue weighted by Crippen LogP contribution is -2.60. The third-order valence-corrected chi connectivity index (χ3v) is 10.0. The Morgan fingerprint density at radius 1 is 1.23 bits per heavy atom. The largest absolute Gasteiger partial charge is 0.481 e. The molecule has 2 aromatic rings. The molecule has 7 unspecified atom stereocenters. The molecule has 2 saturated heterocycles. The van der Waals surface area contributed by atoms with Crippen LogP contribution in [0.1, 0.15) is 11.7 Å². The fraction of sp³-hybridized carbons (Fsp3) is 0.571. The molecule has 43 heavy (non-hydrogen) atoms. The molecule has 0 aliphatic carbocycles. The van der Waals surface area contributed by atoms with Crippen molar-refractivity contribution in [2.45, 2.75) is 60.9 Å². The van der Waals surface area contributed by atoms with Gasteiger partial charge in [-0.3, -0.25) is 4.52 Å². The number of aliphatic hydroxyl groups excluding tert-OH is 5. The van der Waals surface area contributed by atoms with Gasteiger partial charge >= 0.3 is 14.5 Å². The molecular formula is C21H27F2N3O14P2S. The summed E-state index contributed by atoms with van der Waals surface area (Å²) in [6, 6.07) is 0. The van der Waals surface area contributed by atoms with Crippen LogP contribution in [0, 0.1) is 0 Å². The second kappa shape index (κ2) is 12.9. The monoisotopic (exact) mass is 677 g/mol. The molecule has 12 atom stereocenters. The number of nitrogens with zero attached hydrogens (tertiary/aromatic N) is 2. The van der Waals surface area contributed by atoms with E-state index in [0.717, 1.165) is 18.7 Å². The first kappa shape index (κ1) is 34.1. The fourth-order valence-electron chi connectivity index (χ4n) is 4.46. The molecule has 2 aliphatic heterocycles. The number of aliphatic hydroxyl groups is 5. The predicted molar refractivity (Wildman–Crippen MR) is 141 cm³/mol. The molecule has 17 nitrogen and oxygen atoms in total. The number of phosphoric acid groups is 1. The smallest absolute Gasteiger partial charge is 0.458 e. The van der Waals surface area contributed by atoms with Gasteiger partial charge in [-0.25, -0.2) is 27.6 Å². The molecule has 2 aliphatic rings. The number of hydrogen-bond acceptors (Lipinski definition) is 16. The Balaban J connectivity index is 1.46. The van der Waals surface area contributed by atoms with Gasteiger partial charge in [-0.15, -0.1) is 5.73 Å². The van der Waals surface area contributed by atoms with E-state index in [1.807, 2.05) is 0 Å². The van der Waals surface area contributed by atoms with E-state index >= 15 is 4.39 Å². The molecule has 0 bridgehead atoms. The minimum Gasteiger partial charge on any atom is -0.458 e. The number of nitrogen functional groups attached to an aromatic ring is 1. The SMILES string of the molecule is C=C=C[C@@]1(F)[C@H](O)[C@@H](COP(O)(=S)OP(=O)(O)OC2OC([C@@H](F)CO)C(O)C(O)C2O)O[C@H]1c1coc2c(N)ncnc12. The van der Waals surface area contributed by atoms with Crippen LogP contribution < -0.4 is 5.73 Å². The van der Waals surface area contributed by atoms with Gasteiger partial charge in [0.25, 0.3) is 0 Å². The molecule has 9 N–H and O–H groups in total. The number of anilines is 1. The number of furan rings is 1. The van der Waals surface area contributed by atoms with Crippen LogP contribution in [-0.4, -0.2) is 113 Å². The van der Waals surface area contributed by atoms with Crippen molar-refractivity contribution in [2.75, 3.05) is 18.9 Å². The molecular weight excluding hydrogens is 650 g/mol. The summed E-state index contributed by atoms with van der Waals surface area (Å²) >= 11 is 4.70. The van der Waals surface area contributed by atoms with Crippen LogP contribution in [0.15, 0.2) is 35.4 Å². The zero-order valence-electron chi connectivity index (χ0n) is 21.6. The number of hydrogen-bond donors (Lipinski definition) is 8. The summed E-state index contributed by atoms with van der Waals surface area (Å²) in [5, 5.41) is 49.6. The lowest BCUT2D eigenvalue weighted by molar-refractivity contribution is -0.287. The van der Waals surface area contributed by atoms with Crippen LogP contribution in [0.25, 0.3) is 11.1 Å². The zero-order chi connectivity index (χ0) is 31.9. The molecule has 4 heterocycles. The van der Waals surface area contributed by atoms with Gasteiger partial charge < -0.3 is 59.5 Å². The van der Waals surface area contributed by atoms with Gasteiger partial charge in [0.15, 0.2) is 29.5 Å². The summed E-state index contributed by atoms with van der Waals surface area (Å²) in [6.07, 6.45) is -15.4. The van der Waals surface area contributed by atoms with Crippen molar-refractivity contribution in [3.8, 4) is 0 Å². The second-order valence-corrected chi connectivity index (χ2v) is 13.7. The molecule has 0 aromatic carbocycles. The highest BCUT2D eigenvalue weighted by Gasteiger charge is 2.58. The summed E-state index contributed by atoms with van der Waals surface area (Å²) in [5.41, 5.74) is 5.32. The average Bonchev–Trinajstić information content (AvgIpc) is 3.46. The van der Waals surface area contributed by atoms with Gasteiger partial charge in [-0.2, -0.15) is 0 Å². The van der Waals surface area contributed by atoms with Crippen LogP contribution in [0.2, 0.25) is 0 Å². The first-order valence-corrected chi connectivity index (χ1v) is 16.1. The summed E-state index contributed by atoms with van der Waals surface area (Å²) in [5.74, 6) is -0.0579.